The molecule has 0 aliphatic heterocycles. The molecule has 2 heterocycles. The Labute approximate surface area is 107 Å². The zero-order valence-corrected chi connectivity index (χ0v) is 10.0. The van der Waals surface area contributed by atoms with Crippen LogP contribution in [0, 0.1) is 0 Å². The molecule has 0 saturated heterocycles. The van der Waals surface area contributed by atoms with Gasteiger partial charge in [-0.2, -0.15) is 13.2 Å². The van der Waals surface area contributed by atoms with Crippen LogP contribution in [0.5, 0.6) is 5.75 Å². The third-order valence-electron chi connectivity index (χ3n) is 3.13. The number of rotatable bonds is 1. The summed E-state index contributed by atoms with van der Waals surface area (Å²) in [5.41, 5.74) is -0.152. The van der Waals surface area contributed by atoms with Crippen LogP contribution < -0.4 is 4.74 Å². The Morgan fingerprint density at radius 1 is 1.11 bits per heavy atom. The van der Waals surface area contributed by atoms with E-state index in [9.17, 15) is 13.2 Å². The van der Waals surface area contributed by atoms with Gasteiger partial charge in [0.2, 0.25) is 0 Å². The van der Waals surface area contributed by atoms with Crippen LogP contribution in [0.4, 0.5) is 13.2 Å². The summed E-state index contributed by atoms with van der Waals surface area (Å²) in [5, 5.41) is 1.27. The van der Waals surface area contributed by atoms with Crippen molar-refractivity contribution in [3.63, 3.8) is 0 Å². The van der Waals surface area contributed by atoms with E-state index in [1.807, 2.05) is 0 Å². The van der Waals surface area contributed by atoms with E-state index in [0.717, 1.165) is 15.9 Å². The lowest BCUT2D eigenvalue weighted by Crippen LogP contribution is -2.11. The lowest BCUT2D eigenvalue weighted by molar-refractivity contribution is -0.141. The van der Waals surface area contributed by atoms with Crippen molar-refractivity contribution in [2.75, 3.05) is 7.11 Å². The predicted octanol–water partition coefficient (Wildman–Crippen LogP) is 4.12. The third-order valence-corrected chi connectivity index (χ3v) is 3.13. The number of aromatic nitrogens is 1. The molecule has 0 spiro atoms. The van der Waals surface area contributed by atoms with Crippen LogP contribution in [-0.4, -0.2) is 11.5 Å². The maximum Gasteiger partial charge on any atom is 0.431 e. The number of halogens is 3. The van der Waals surface area contributed by atoms with Crippen molar-refractivity contribution in [2.45, 2.75) is 6.18 Å². The number of benzene rings is 1. The van der Waals surface area contributed by atoms with Gasteiger partial charge in [-0.3, -0.25) is 0 Å². The lowest BCUT2D eigenvalue weighted by atomic mass is 10.1. The monoisotopic (exact) mass is 265 g/mol. The van der Waals surface area contributed by atoms with Gasteiger partial charge in [0, 0.05) is 11.6 Å². The van der Waals surface area contributed by atoms with Crippen LogP contribution >= 0.6 is 0 Å². The normalized spacial score (nSPS) is 12.2. The number of nitrogens with zero attached hydrogens (tertiary/aromatic N) is 1. The van der Waals surface area contributed by atoms with Gasteiger partial charge < -0.3 is 9.14 Å². The van der Waals surface area contributed by atoms with Crippen molar-refractivity contribution in [3.8, 4) is 5.75 Å². The molecule has 1 aromatic carbocycles. The van der Waals surface area contributed by atoms with Gasteiger partial charge in [0.05, 0.1) is 12.6 Å². The Morgan fingerprint density at radius 3 is 2.58 bits per heavy atom. The highest BCUT2D eigenvalue weighted by Crippen LogP contribution is 2.34. The van der Waals surface area contributed by atoms with Gasteiger partial charge >= 0.3 is 6.18 Å². The molecule has 0 radical (unpaired) electrons. The highest BCUT2D eigenvalue weighted by molar-refractivity contribution is 5.97. The second kappa shape index (κ2) is 3.91. The van der Waals surface area contributed by atoms with Crippen LogP contribution in [0.1, 0.15) is 5.69 Å². The van der Waals surface area contributed by atoms with Gasteiger partial charge in [0.1, 0.15) is 11.4 Å². The van der Waals surface area contributed by atoms with Crippen molar-refractivity contribution < 1.29 is 17.9 Å². The smallest absolute Gasteiger partial charge is 0.431 e. The van der Waals surface area contributed by atoms with Crippen molar-refractivity contribution in [1.29, 1.82) is 0 Å². The molecule has 19 heavy (non-hydrogen) atoms. The maximum atomic E-state index is 13.1. The van der Waals surface area contributed by atoms with Gasteiger partial charge in [-0.25, -0.2) is 0 Å². The van der Waals surface area contributed by atoms with Crippen LogP contribution in [0.25, 0.3) is 16.3 Å². The molecule has 0 saturated carbocycles. The summed E-state index contributed by atoms with van der Waals surface area (Å²) in [5.74, 6) is 0.538. The van der Waals surface area contributed by atoms with E-state index in [0.29, 0.717) is 16.7 Å². The number of hydrogen-bond donors (Lipinski definition) is 0. The largest absolute Gasteiger partial charge is 0.497 e. The summed E-state index contributed by atoms with van der Waals surface area (Å²) in [4.78, 5) is 0. The fraction of sp³-hybridized carbons (Fsp3) is 0.143. The predicted molar refractivity (Wildman–Crippen MR) is 66.5 cm³/mol. The molecule has 3 aromatic rings. The van der Waals surface area contributed by atoms with E-state index in [1.165, 1.54) is 13.3 Å². The first-order chi connectivity index (χ1) is 9.00. The number of pyridine rings is 1. The average molecular weight is 265 g/mol. The summed E-state index contributed by atoms with van der Waals surface area (Å²) in [6, 6.07) is 9.53. The molecule has 0 atom stereocenters. The molecular weight excluding hydrogens is 255 g/mol. The Morgan fingerprint density at radius 2 is 1.89 bits per heavy atom. The fourth-order valence-corrected chi connectivity index (χ4v) is 2.27. The minimum absolute atomic E-state index is 0.512. The third kappa shape index (κ3) is 1.82. The minimum Gasteiger partial charge on any atom is -0.497 e. The first kappa shape index (κ1) is 11.9. The second-order valence-corrected chi connectivity index (χ2v) is 4.24. The standard InChI is InChI=1S/C14H10F3NO/c1-19-10-4-5-11-9(7-10)8-13(14(15,16)17)18-6-2-3-12(11)18/h2-8H,1H3. The molecule has 5 heteroatoms. The molecule has 0 amide bonds. The first-order valence-corrected chi connectivity index (χ1v) is 5.66. The second-order valence-electron chi connectivity index (χ2n) is 4.24. The molecule has 2 aromatic heterocycles. The van der Waals surface area contributed by atoms with Crippen LogP contribution in [-0.2, 0) is 6.18 Å². The zero-order valence-electron chi connectivity index (χ0n) is 10.0. The molecule has 0 fully saturated rings. The number of hydrogen-bond acceptors (Lipinski definition) is 1. The average Bonchev–Trinajstić information content (AvgIpc) is 2.84. The van der Waals surface area contributed by atoms with Gasteiger partial charge in [-0.05, 0) is 41.8 Å². The number of alkyl halides is 3. The van der Waals surface area contributed by atoms with Gasteiger partial charge in [-0.1, -0.05) is 0 Å². The highest BCUT2D eigenvalue weighted by atomic mass is 19.4. The van der Waals surface area contributed by atoms with Crippen LogP contribution in [0.15, 0.2) is 42.6 Å². The Balaban J connectivity index is 2.44. The van der Waals surface area contributed by atoms with Crippen molar-refractivity contribution in [3.05, 3.63) is 48.3 Å². The maximum absolute atomic E-state index is 13.1. The van der Waals surface area contributed by atoms with Gasteiger partial charge in [-0.15, -0.1) is 0 Å². The fourth-order valence-electron chi connectivity index (χ4n) is 2.27. The molecule has 98 valence electrons. The zero-order chi connectivity index (χ0) is 13.6. The van der Waals surface area contributed by atoms with E-state index in [4.69, 9.17) is 4.74 Å². The number of ether oxygens (including phenoxy) is 1. The summed E-state index contributed by atoms with van der Waals surface area (Å²) in [7, 11) is 1.49. The Bertz CT molecular complexity index is 758. The molecule has 0 aliphatic carbocycles. The molecular formula is C14H10F3NO. The first-order valence-electron chi connectivity index (χ1n) is 5.66. The molecule has 0 N–H and O–H groups in total. The van der Waals surface area contributed by atoms with Crippen LogP contribution in [0.2, 0.25) is 0 Å². The topological polar surface area (TPSA) is 13.6 Å². The van der Waals surface area contributed by atoms with E-state index in [1.54, 1.807) is 30.3 Å². The summed E-state index contributed by atoms with van der Waals surface area (Å²) in [6.07, 6.45) is -2.98. The summed E-state index contributed by atoms with van der Waals surface area (Å²) < 4.78 is 45.4. The van der Waals surface area contributed by atoms with E-state index >= 15 is 0 Å². The molecule has 0 aliphatic rings. The Kier molecular flexibility index (Phi) is 2.45. The number of methoxy groups -OCH3 is 1. The lowest BCUT2D eigenvalue weighted by Gasteiger charge is -2.13. The van der Waals surface area contributed by atoms with Crippen LogP contribution in [0.3, 0.4) is 0 Å². The van der Waals surface area contributed by atoms with Crippen molar-refractivity contribution in [1.82, 2.24) is 4.40 Å². The summed E-state index contributed by atoms with van der Waals surface area (Å²) in [6.45, 7) is 0. The summed E-state index contributed by atoms with van der Waals surface area (Å²) >= 11 is 0. The van der Waals surface area contributed by atoms with E-state index < -0.39 is 11.9 Å². The molecule has 2 nitrogen and oxygen atoms in total. The Hall–Kier alpha value is -2.17. The molecule has 0 unspecified atom stereocenters. The minimum atomic E-state index is -4.39. The highest BCUT2D eigenvalue weighted by Gasteiger charge is 2.33. The van der Waals surface area contributed by atoms with Crippen molar-refractivity contribution in [2.24, 2.45) is 0 Å². The quantitative estimate of drug-likeness (QED) is 0.645. The SMILES string of the molecule is COc1ccc2c(c1)cc(C(F)(F)F)n1cccc21. The molecule has 3 rings (SSSR count). The van der Waals surface area contributed by atoms with Gasteiger partial charge in [0.25, 0.3) is 0 Å². The van der Waals surface area contributed by atoms with E-state index in [2.05, 4.69) is 0 Å². The number of fused-ring (bicyclic) bond motifs is 3. The molecule has 0 bridgehead atoms. The van der Waals surface area contributed by atoms with Crippen molar-refractivity contribution >= 4 is 16.3 Å². The van der Waals surface area contributed by atoms with Gasteiger partial charge in [0.15, 0.2) is 0 Å². The van der Waals surface area contributed by atoms with E-state index in [-0.39, 0.29) is 0 Å².